The second-order valence-corrected chi connectivity index (χ2v) is 13.1. The molecule has 0 unspecified atom stereocenters. The quantitative estimate of drug-likeness (QED) is 0.530. The zero-order valence-corrected chi connectivity index (χ0v) is 21.1. The fourth-order valence-electron chi connectivity index (χ4n) is 8.93. The molecule has 1 saturated heterocycles. The van der Waals surface area contributed by atoms with Crippen LogP contribution in [0.1, 0.15) is 80.1 Å². The van der Waals surface area contributed by atoms with E-state index in [9.17, 15) is 15.0 Å². The summed E-state index contributed by atoms with van der Waals surface area (Å²) in [6.45, 7) is 13.2. The van der Waals surface area contributed by atoms with Crippen LogP contribution in [0.25, 0.3) is 0 Å². The van der Waals surface area contributed by atoms with E-state index in [-0.39, 0.29) is 29.8 Å². The first-order valence-corrected chi connectivity index (χ1v) is 12.9. The van der Waals surface area contributed by atoms with Gasteiger partial charge in [-0.3, -0.25) is 0 Å². The highest BCUT2D eigenvalue weighted by Crippen LogP contribution is 2.66. The Balaban J connectivity index is 1.51. The Kier molecular flexibility index (Phi) is 5.25. The summed E-state index contributed by atoms with van der Waals surface area (Å²) in [6.07, 6.45) is 7.32. The zero-order chi connectivity index (χ0) is 24.0. The third-order valence-electron chi connectivity index (χ3n) is 10.2. The molecule has 6 heteroatoms. The summed E-state index contributed by atoms with van der Waals surface area (Å²) < 4.78 is 18.3. The van der Waals surface area contributed by atoms with Crippen molar-refractivity contribution in [1.82, 2.24) is 0 Å². The standard InChI is InChI=1S/C27H42O6/c1-16-14-31-24(4,5)32-19-13-18-17-7-8-20-23(2,3)33-21(28)9-10-27(20,30)15-26(17,29)12-11-25(18,6)22(16)19/h9-10,16-20,22,29-30H,7-8,11-15H2,1-6H3/t16-,17+,18+,19+,20+,22+,25+,26+,27-/m1/s1. The molecule has 5 rings (SSSR count). The molecule has 5 aliphatic rings. The number of hydrogen-bond donors (Lipinski definition) is 2. The monoisotopic (exact) mass is 462 g/mol. The molecule has 3 aliphatic carbocycles. The van der Waals surface area contributed by atoms with Crippen LogP contribution >= 0.6 is 0 Å². The van der Waals surface area contributed by atoms with E-state index in [1.54, 1.807) is 6.08 Å². The third-order valence-corrected chi connectivity index (χ3v) is 10.2. The predicted octanol–water partition coefficient (Wildman–Crippen LogP) is 3.98. The molecule has 0 bridgehead atoms. The van der Waals surface area contributed by atoms with Crippen LogP contribution in [0.2, 0.25) is 0 Å². The molecule has 0 aromatic carbocycles. The summed E-state index contributed by atoms with van der Waals surface area (Å²) in [7, 11) is 0. The van der Waals surface area contributed by atoms with Crippen LogP contribution in [0.5, 0.6) is 0 Å². The van der Waals surface area contributed by atoms with E-state index < -0.39 is 28.6 Å². The van der Waals surface area contributed by atoms with Gasteiger partial charge < -0.3 is 24.4 Å². The molecule has 2 heterocycles. The average molecular weight is 463 g/mol. The van der Waals surface area contributed by atoms with E-state index in [2.05, 4.69) is 13.8 Å². The Morgan fingerprint density at radius 2 is 1.76 bits per heavy atom. The summed E-state index contributed by atoms with van der Waals surface area (Å²) in [5, 5.41) is 24.0. The zero-order valence-electron chi connectivity index (χ0n) is 21.1. The number of esters is 1. The van der Waals surface area contributed by atoms with Crippen LogP contribution in [-0.2, 0) is 19.0 Å². The molecule has 0 aromatic rings. The lowest BCUT2D eigenvalue weighted by molar-refractivity contribution is -0.226. The topological polar surface area (TPSA) is 85.2 Å². The maximum absolute atomic E-state index is 12.2. The number of cyclic esters (lactones) is 1. The largest absolute Gasteiger partial charge is 0.456 e. The van der Waals surface area contributed by atoms with Gasteiger partial charge in [-0.15, -0.1) is 0 Å². The Labute approximate surface area is 198 Å². The fraction of sp³-hybridized carbons (Fsp3) is 0.889. The predicted molar refractivity (Wildman–Crippen MR) is 123 cm³/mol. The van der Waals surface area contributed by atoms with Crippen LogP contribution in [0.3, 0.4) is 0 Å². The number of aliphatic hydroxyl groups is 2. The van der Waals surface area contributed by atoms with Crippen molar-refractivity contribution in [2.75, 3.05) is 6.61 Å². The van der Waals surface area contributed by atoms with Gasteiger partial charge in [0.05, 0.1) is 23.9 Å². The molecule has 9 atom stereocenters. The maximum atomic E-state index is 12.2. The molecule has 0 amide bonds. The van der Waals surface area contributed by atoms with Gasteiger partial charge in [0.2, 0.25) is 0 Å². The summed E-state index contributed by atoms with van der Waals surface area (Å²) in [6, 6.07) is 0. The van der Waals surface area contributed by atoms with Gasteiger partial charge in [0.1, 0.15) is 5.60 Å². The van der Waals surface area contributed by atoms with Crippen molar-refractivity contribution in [2.24, 2.45) is 35.0 Å². The summed E-state index contributed by atoms with van der Waals surface area (Å²) >= 11 is 0. The molecule has 3 saturated carbocycles. The highest BCUT2D eigenvalue weighted by atomic mass is 16.7. The summed E-state index contributed by atoms with van der Waals surface area (Å²) in [5.41, 5.74) is -2.98. The lowest BCUT2D eigenvalue weighted by Crippen LogP contribution is -2.56. The molecule has 0 spiro atoms. The van der Waals surface area contributed by atoms with Crippen LogP contribution in [0.15, 0.2) is 12.2 Å². The van der Waals surface area contributed by atoms with E-state index in [0.717, 1.165) is 19.3 Å². The summed E-state index contributed by atoms with van der Waals surface area (Å²) in [5.74, 6) is -0.0976. The Hall–Kier alpha value is -0.950. The number of carbonyl (C=O) groups excluding carboxylic acids is 1. The number of carbonyl (C=O) groups is 1. The second kappa shape index (κ2) is 7.28. The molecule has 6 nitrogen and oxygen atoms in total. The van der Waals surface area contributed by atoms with Gasteiger partial charge in [-0.05, 0) is 95.0 Å². The lowest BCUT2D eigenvalue weighted by atomic mass is 9.53. The van der Waals surface area contributed by atoms with Crippen molar-refractivity contribution in [1.29, 1.82) is 0 Å². The first kappa shape index (κ1) is 23.8. The van der Waals surface area contributed by atoms with E-state index in [0.29, 0.717) is 37.2 Å². The van der Waals surface area contributed by atoms with E-state index in [1.807, 2.05) is 27.7 Å². The van der Waals surface area contributed by atoms with Gasteiger partial charge in [0, 0.05) is 18.4 Å². The minimum atomic E-state index is -1.27. The lowest BCUT2D eigenvalue weighted by Gasteiger charge is -2.54. The summed E-state index contributed by atoms with van der Waals surface area (Å²) in [4.78, 5) is 12.2. The van der Waals surface area contributed by atoms with Crippen LogP contribution in [0, 0.1) is 35.0 Å². The molecule has 4 fully saturated rings. The van der Waals surface area contributed by atoms with E-state index >= 15 is 0 Å². The molecular formula is C27H42O6. The molecule has 0 aromatic heterocycles. The second-order valence-electron chi connectivity index (χ2n) is 13.1. The number of rotatable bonds is 0. The van der Waals surface area contributed by atoms with Crippen molar-refractivity contribution in [2.45, 2.75) is 109 Å². The van der Waals surface area contributed by atoms with E-state index in [1.165, 1.54) is 6.08 Å². The normalized spacial score (nSPS) is 52.8. The van der Waals surface area contributed by atoms with Crippen LogP contribution in [-0.4, -0.2) is 51.5 Å². The number of ether oxygens (including phenoxy) is 3. The van der Waals surface area contributed by atoms with Crippen LogP contribution < -0.4 is 0 Å². The molecule has 2 aliphatic heterocycles. The van der Waals surface area contributed by atoms with Gasteiger partial charge >= 0.3 is 5.97 Å². The molecular weight excluding hydrogens is 420 g/mol. The van der Waals surface area contributed by atoms with Gasteiger partial charge in [0.25, 0.3) is 0 Å². The van der Waals surface area contributed by atoms with Gasteiger partial charge in [-0.1, -0.05) is 13.8 Å². The van der Waals surface area contributed by atoms with Gasteiger partial charge in [-0.25, -0.2) is 4.79 Å². The number of hydrogen-bond acceptors (Lipinski definition) is 6. The molecule has 0 radical (unpaired) electrons. The number of fused-ring (bicyclic) bond motifs is 6. The smallest absolute Gasteiger partial charge is 0.331 e. The molecule has 186 valence electrons. The fourth-order valence-corrected chi connectivity index (χ4v) is 8.93. The Morgan fingerprint density at radius 1 is 1.03 bits per heavy atom. The first-order valence-electron chi connectivity index (χ1n) is 12.9. The van der Waals surface area contributed by atoms with Crippen LogP contribution in [0.4, 0.5) is 0 Å². The Bertz CT molecular complexity index is 850. The third kappa shape index (κ3) is 3.62. The minimum Gasteiger partial charge on any atom is -0.456 e. The SMILES string of the molecule is C[C@@H]1COC(C)(C)O[C@H]2C[C@H]3[C@@H]4CC[C@H]5C(C)(C)OC(=O)C=C[C@@]5(O)C[C@@]4(O)CC[C@]3(C)[C@@H]12. The maximum Gasteiger partial charge on any atom is 0.331 e. The van der Waals surface area contributed by atoms with Gasteiger partial charge in [0.15, 0.2) is 5.79 Å². The van der Waals surface area contributed by atoms with Crippen molar-refractivity contribution in [3.8, 4) is 0 Å². The Morgan fingerprint density at radius 3 is 2.48 bits per heavy atom. The van der Waals surface area contributed by atoms with Crippen molar-refractivity contribution >= 4 is 5.97 Å². The average Bonchev–Trinajstić information content (AvgIpc) is 2.75. The van der Waals surface area contributed by atoms with E-state index in [4.69, 9.17) is 14.2 Å². The van der Waals surface area contributed by atoms with Gasteiger partial charge in [-0.2, -0.15) is 0 Å². The molecule has 33 heavy (non-hydrogen) atoms. The minimum absolute atomic E-state index is 0.0671. The molecule has 2 N–H and O–H groups in total. The van der Waals surface area contributed by atoms with Crippen molar-refractivity contribution in [3.05, 3.63) is 12.2 Å². The van der Waals surface area contributed by atoms with Crippen molar-refractivity contribution in [3.63, 3.8) is 0 Å². The van der Waals surface area contributed by atoms with Crippen molar-refractivity contribution < 1.29 is 29.2 Å². The highest BCUT2D eigenvalue weighted by Gasteiger charge is 2.66. The highest BCUT2D eigenvalue weighted by molar-refractivity contribution is 5.83. The first-order chi connectivity index (χ1) is 15.2.